The second kappa shape index (κ2) is 7.22. The highest BCUT2D eigenvalue weighted by Gasteiger charge is 2.16. The van der Waals surface area contributed by atoms with Crippen LogP contribution >= 0.6 is 0 Å². The molecule has 1 unspecified atom stereocenters. The van der Waals surface area contributed by atoms with E-state index in [1.807, 2.05) is 19.2 Å². The zero-order chi connectivity index (χ0) is 12.7. The summed E-state index contributed by atoms with van der Waals surface area (Å²) in [6, 6.07) is 4.12. The second-order valence-electron chi connectivity index (χ2n) is 4.26. The van der Waals surface area contributed by atoms with Crippen molar-refractivity contribution in [1.82, 2.24) is 15.5 Å². The Morgan fingerprint density at radius 1 is 1.24 bits per heavy atom. The maximum atomic E-state index is 5.01. The highest BCUT2D eigenvalue weighted by Crippen LogP contribution is 2.23. The largest absolute Gasteiger partial charge is 0.480 e. The zero-order valence-electron chi connectivity index (χ0n) is 11.2. The molecule has 1 aromatic rings. The van der Waals surface area contributed by atoms with E-state index in [-0.39, 0.29) is 6.04 Å². The van der Waals surface area contributed by atoms with Crippen LogP contribution in [-0.4, -0.2) is 24.4 Å². The Hall–Kier alpha value is -1.16. The summed E-state index contributed by atoms with van der Waals surface area (Å²) < 4.78 is 5.01. The van der Waals surface area contributed by atoms with Gasteiger partial charge in [0.05, 0.1) is 18.8 Å². The van der Waals surface area contributed by atoms with Gasteiger partial charge in [-0.05, 0) is 25.5 Å². The van der Waals surface area contributed by atoms with Gasteiger partial charge in [-0.1, -0.05) is 26.7 Å². The second-order valence-corrected chi connectivity index (χ2v) is 4.26. The van der Waals surface area contributed by atoms with Gasteiger partial charge in [-0.25, -0.2) is 0 Å². The third kappa shape index (κ3) is 3.97. The number of rotatable bonds is 7. The first-order valence-corrected chi connectivity index (χ1v) is 6.29. The molecule has 0 bridgehead atoms. The standard InChI is InChI=1S/C13H23N3O/c1-5-10(6-2)9-12(14-3)11-7-8-13(17-4)16-15-11/h7-8,10,12,14H,5-6,9H2,1-4H3. The normalized spacial score (nSPS) is 12.8. The van der Waals surface area contributed by atoms with E-state index >= 15 is 0 Å². The minimum atomic E-state index is 0.276. The number of hydrogen-bond acceptors (Lipinski definition) is 4. The Bertz CT molecular complexity index is 309. The Labute approximate surface area is 104 Å². The van der Waals surface area contributed by atoms with Gasteiger partial charge in [0, 0.05) is 6.07 Å². The quantitative estimate of drug-likeness (QED) is 0.791. The van der Waals surface area contributed by atoms with E-state index in [0.29, 0.717) is 5.88 Å². The first-order chi connectivity index (χ1) is 8.24. The molecule has 1 N–H and O–H groups in total. The molecule has 4 nitrogen and oxygen atoms in total. The lowest BCUT2D eigenvalue weighted by atomic mass is 9.93. The summed E-state index contributed by atoms with van der Waals surface area (Å²) in [6.07, 6.45) is 3.51. The summed E-state index contributed by atoms with van der Waals surface area (Å²) in [6.45, 7) is 4.47. The molecule has 17 heavy (non-hydrogen) atoms. The smallest absolute Gasteiger partial charge is 0.233 e. The van der Waals surface area contributed by atoms with Crippen molar-refractivity contribution in [2.75, 3.05) is 14.2 Å². The highest BCUT2D eigenvalue weighted by atomic mass is 16.5. The summed E-state index contributed by atoms with van der Waals surface area (Å²) in [5.74, 6) is 1.29. The van der Waals surface area contributed by atoms with Crippen molar-refractivity contribution in [2.45, 2.75) is 39.2 Å². The Kier molecular flexibility index (Phi) is 5.91. The van der Waals surface area contributed by atoms with E-state index in [2.05, 4.69) is 29.4 Å². The molecule has 96 valence electrons. The molecule has 0 saturated heterocycles. The molecule has 1 aromatic heterocycles. The number of aromatic nitrogens is 2. The molecule has 0 amide bonds. The van der Waals surface area contributed by atoms with Crippen LogP contribution < -0.4 is 10.1 Å². The van der Waals surface area contributed by atoms with Crippen molar-refractivity contribution in [1.29, 1.82) is 0 Å². The highest BCUT2D eigenvalue weighted by molar-refractivity contribution is 5.14. The maximum absolute atomic E-state index is 5.01. The van der Waals surface area contributed by atoms with Gasteiger partial charge < -0.3 is 10.1 Å². The van der Waals surface area contributed by atoms with Gasteiger partial charge in [0.25, 0.3) is 0 Å². The molecule has 0 aromatic carbocycles. The average Bonchev–Trinajstić information content (AvgIpc) is 2.40. The predicted octanol–water partition coefficient (Wildman–Crippen LogP) is 2.57. The number of nitrogens with one attached hydrogen (secondary N) is 1. The summed E-state index contributed by atoms with van der Waals surface area (Å²) in [4.78, 5) is 0. The van der Waals surface area contributed by atoms with Crippen LogP contribution in [0.5, 0.6) is 5.88 Å². The van der Waals surface area contributed by atoms with Crippen LogP contribution in [0.1, 0.15) is 44.8 Å². The van der Waals surface area contributed by atoms with E-state index in [4.69, 9.17) is 4.74 Å². The van der Waals surface area contributed by atoms with Gasteiger partial charge in [-0.15, -0.1) is 5.10 Å². The lowest BCUT2D eigenvalue weighted by Crippen LogP contribution is -2.21. The van der Waals surface area contributed by atoms with E-state index < -0.39 is 0 Å². The molecule has 1 atom stereocenters. The van der Waals surface area contributed by atoms with Crippen molar-refractivity contribution < 1.29 is 4.74 Å². The molecule has 0 radical (unpaired) electrons. The summed E-state index contributed by atoms with van der Waals surface area (Å²) in [5, 5.41) is 11.5. The number of ether oxygens (including phenoxy) is 1. The molecule has 4 heteroatoms. The van der Waals surface area contributed by atoms with E-state index in [0.717, 1.165) is 18.0 Å². The van der Waals surface area contributed by atoms with Gasteiger partial charge in [0.15, 0.2) is 0 Å². The molecule has 0 fully saturated rings. The van der Waals surface area contributed by atoms with Gasteiger partial charge >= 0.3 is 0 Å². The molecule has 0 aliphatic carbocycles. The minimum Gasteiger partial charge on any atom is -0.480 e. The van der Waals surface area contributed by atoms with E-state index in [9.17, 15) is 0 Å². The fourth-order valence-corrected chi connectivity index (χ4v) is 1.97. The van der Waals surface area contributed by atoms with Crippen LogP contribution in [0.3, 0.4) is 0 Å². The molecule has 0 aliphatic heterocycles. The topological polar surface area (TPSA) is 47.0 Å². The van der Waals surface area contributed by atoms with Crippen molar-refractivity contribution in [3.05, 3.63) is 17.8 Å². The first kappa shape index (κ1) is 13.9. The van der Waals surface area contributed by atoms with Crippen molar-refractivity contribution in [2.24, 2.45) is 5.92 Å². The molecule has 1 rings (SSSR count). The average molecular weight is 237 g/mol. The summed E-state index contributed by atoms with van der Waals surface area (Å²) in [7, 11) is 3.57. The van der Waals surface area contributed by atoms with Crippen LogP contribution in [-0.2, 0) is 0 Å². The van der Waals surface area contributed by atoms with Crippen molar-refractivity contribution in [3.63, 3.8) is 0 Å². The molecule has 1 heterocycles. The minimum absolute atomic E-state index is 0.276. The molecular weight excluding hydrogens is 214 g/mol. The van der Waals surface area contributed by atoms with Gasteiger partial charge in [-0.2, -0.15) is 5.10 Å². The van der Waals surface area contributed by atoms with Crippen molar-refractivity contribution >= 4 is 0 Å². The fraction of sp³-hybridized carbons (Fsp3) is 0.692. The lowest BCUT2D eigenvalue weighted by molar-refractivity contribution is 0.370. The van der Waals surface area contributed by atoms with Gasteiger partial charge in [0.2, 0.25) is 5.88 Å². The number of methoxy groups -OCH3 is 1. The fourth-order valence-electron chi connectivity index (χ4n) is 1.97. The SMILES string of the molecule is CCC(CC)CC(NC)c1ccc(OC)nn1. The van der Waals surface area contributed by atoms with Crippen LogP contribution in [0.25, 0.3) is 0 Å². The number of hydrogen-bond donors (Lipinski definition) is 1. The zero-order valence-corrected chi connectivity index (χ0v) is 11.2. The Morgan fingerprint density at radius 2 is 1.94 bits per heavy atom. The van der Waals surface area contributed by atoms with Gasteiger partial charge in [-0.3, -0.25) is 0 Å². The third-order valence-electron chi connectivity index (χ3n) is 3.30. The summed E-state index contributed by atoms with van der Waals surface area (Å²) in [5.41, 5.74) is 0.986. The lowest BCUT2D eigenvalue weighted by Gasteiger charge is -2.20. The van der Waals surface area contributed by atoms with Crippen LogP contribution in [0, 0.1) is 5.92 Å². The molecule has 0 saturated carbocycles. The molecule has 0 aliphatic rings. The number of nitrogens with zero attached hydrogens (tertiary/aromatic N) is 2. The Balaban J connectivity index is 2.71. The van der Waals surface area contributed by atoms with Gasteiger partial charge in [0.1, 0.15) is 0 Å². The first-order valence-electron chi connectivity index (χ1n) is 6.29. The molecule has 0 spiro atoms. The van der Waals surface area contributed by atoms with Crippen LogP contribution in [0.15, 0.2) is 12.1 Å². The summed E-state index contributed by atoms with van der Waals surface area (Å²) >= 11 is 0. The monoisotopic (exact) mass is 237 g/mol. The predicted molar refractivity (Wildman–Crippen MR) is 69.1 cm³/mol. The van der Waals surface area contributed by atoms with E-state index in [1.165, 1.54) is 12.8 Å². The molecular formula is C13H23N3O. The van der Waals surface area contributed by atoms with E-state index in [1.54, 1.807) is 7.11 Å². The van der Waals surface area contributed by atoms with Crippen LogP contribution in [0.4, 0.5) is 0 Å². The Morgan fingerprint density at radius 3 is 2.35 bits per heavy atom. The third-order valence-corrected chi connectivity index (χ3v) is 3.30. The van der Waals surface area contributed by atoms with Crippen molar-refractivity contribution in [3.8, 4) is 5.88 Å². The maximum Gasteiger partial charge on any atom is 0.233 e. The van der Waals surface area contributed by atoms with Crippen LogP contribution in [0.2, 0.25) is 0 Å².